The van der Waals surface area contributed by atoms with Gasteiger partial charge in [-0.1, -0.05) is 37.8 Å². The molecule has 0 unspecified atom stereocenters. The number of anilines is 1. The molecule has 0 aliphatic heterocycles. The highest BCUT2D eigenvalue weighted by molar-refractivity contribution is 6.30. The van der Waals surface area contributed by atoms with E-state index in [1.807, 2.05) is 6.92 Å². The first-order chi connectivity index (χ1) is 9.13. The fourth-order valence-electron chi connectivity index (χ4n) is 2.84. The van der Waals surface area contributed by atoms with Crippen molar-refractivity contribution < 1.29 is 0 Å². The van der Waals surface area contributed by atoms with E-state index in [9.17, 15) is 0 Å². The van der Waals surface area contributed by atoms with Crippen molar-refractivity contribution in [3.05, 3.63) is 16.5 Å². The van der Waals surface area contributed by atoms with E-state index in [1.54, 1.807) is 0 Å². The molecule has 0 bridgehead atoms. The lowest BCUT2D eigenvalue weighted by Crippen LogP contribution is -2.34. The molecule has 0 N–H and O–H groups in total. The number of aryl methyl sites for hydroxylation is 1. The van der Waals surface area contributed by atoms with Gasteiger partial charge in [-0.15, -0.1) is 0 Å². The average molecular weight is 282 g/mol. The number of hydrogen-bond acceptors (Lipinski definition) is 3. The highest BCUT2D eigenvalue weighted by Crippen LogP contribution is 2.29. The second-order valence-corrected chi connectivity index (χ2v) is 5.89. The van der Waals surface area contributed by atoms with Gasteiger partial charge in [-0.3, -0.25) is 0 Å². The molecule has 106 valence electrons. The Morgan fingerprint density at radius 1 is 1.21 bits per heavy atom. The van der Waals surface area contributed by atoms with Gasteiger partial charge in [0.2, 0.25) is 0 Å². The van der Waals surface area contributed by atoms with Gasteiger partial charge in [-0.05, 0) is 26.2 Å². The lowest BCUT2D eigenvalue weighted by molar-refractivity contribution is 0.425. The Labute approximate surface area is 121 Å². The third kappa shape index (κ3) is 3.38. The molecule has 3 nitrogen and oxygen atoms in total. The molecule has 0 amide bonds. The molecule has 1 heterocycles. The minimum absolute atomic E-state index is 0.605. The molecule has 1 aliphatic carbocycles. The third-order valence-electron chi connectivity index (χ3n) is 4.04. The highest BCUT2D eigenvalue weighted by Gasteiger charge is 2.22. The summed E-state index contributed by atoms with van der Waals surface area (Å²) in [7, 11) is 2.15. The van der Waals surface area contributed by atoms with Crippen LogP contribution in [0.1, 0.15) is 56.8 Å². The van der Waals surface area contributed by atoms with Gasteiger partial charge in [-0.25, -0.2) is 9.97 Å². The van der Waals surface area contributed by atoms with Crippen LogP contribution in [0, 0.1) is 6.92 Å². The standard InChI is InChI=1S/C15H24ClN3/c1-4-8-13-17-14(16)11(2)15(18-13)19(3)12-9-6-5-7-10-12/h12H,4-10H2,1-3H3. The van der Waals surface area contributed by atoms with E-state index in [0.29, 0.717) is 11.2 Å². The van der Waals surface area contributed by atoms with Crippen molar-refractivity contribution in [2.45, 2.75) is 64.8 Å². The van der Waals surface area contributed by atoms with Crippen LogP contribution in [0.4, 0.5) is 5.82 Å². The summed E-state index contributed by atoms with van der Waals surface area (Å²) in [5.41, 5.74) is 1.01. The van der Waals surface area contributed by atoms with Crippen molar-refractivity contribution in [2.24, 2.45) is 0 Å². The molecule has 1 aromatic rings. The zero-order chi connectivity index (χ0) is 13.8. The molecule has 1 fully saturated rings. The van der Waals surface area contributed by atoms with Crippen molar-refractivity contribution in [1.82, 2.24) is 9.97 Å². The molecule has 2 rings (SSSR count). The quantitative estimate of drug-likeness (QED) is 0.776. The molecule has 0 saturated heterocycles. The number of aromatic nitrogens is 2. The summed E-state index contributed by atoms with van der Waals surface area (Å²) in [5, 5.41) is 0.608. The molecule has 0 spiro atoms. The summed E-state index contributed by atoms with van der Waals surface area (Å²) in [4.78, 5) is 11.4. The summed E-state index contributed by atoms with van der Waals surface area (Å²) >= 11 is 6.26. The second-order valence-electron chi connectivity index (χ2n) is 5.53. The van der Waals surface area contributed by atoms with Crippen molar-refractivity contribution in [2.75, 3.05) is 11.9 Å². The Morgan fingerprint density at radius 2 is 1.89 bits per heavy atom. The molecule has 4 heteroatoms. The Kier molecular flexibility index (Phi) is 5.03. The minimum atomic E-state index is 0.605. The van der Waals surface area contributed by atoms with Crippen molar-refractivity contribution in [1.29, 1.82) is 0 Å². The van der Waals surface area contributed by atoms with Gasteiger partial charge in [-0.2, -0.15) is 0 Å². The Balaban J connectivity index is 2.25. The van der Waals surface area contributed by atoms with Gasteiger partial charge < -0.3 is 4.90 Å². The zero-order valence-electron chi connectivity index (χ0n) is 12.2. The maximum absolute atomic E-state index is 6.26. The van der Waals surface area contributed by atoms with Gasteiger partial charge in [0.1, 0.15) is 16.8 Å². The molecule has 0 atom stereocenters. The number of rotatable bonds is 4. The zero-order valence-corrected chi connectivity index (χ0v) is 13.0. The van der Waals surface area contributed by atoms with E-state index in [4.69, 9.17) is 16.6 Å². The fourth-order valence-corrected chi connectivity index (χ4v) is 3.02. The number of nitrogens with zero attached hydrogens (tertiary/aromatic N) is 3. The van der Waals surface area contributed by atoms with Crippen molar-refractivity contribution in [3.8, 4) is 0 Å². The first kappa shape index (κ1) is 14.6. The summed E-state index contributed by atoms with van der Waals surface area (Å²) in [5.74, 6) is 1.89. The summed E-state index contributed by atoms with van der Waals surface area (Å²) in [6.07, 6.45) is 8.50. The SMILES string of the molecule is CCCc1nc(Cl)c(C)c(N(C)C2CCCCC2)n1. The normalized spacial score (nSPS) is 16.6. The van der Waals surface area contributed by atoms with E-state index in [2.05, 4.69) is 23.9 Å². The molecule has 0 aromatic carbocycles. The molecule has 19 heavy (non-hydrogen) atoms. The molecule has 0 radical (unpaired) electrons. The van der Waals surface area contributed by atoms with Gasteiger partial charge in [0, 0.05) is 25.1 Å². The largest absolute Gasteiger partial charge is 0.356 e. The van der Waals surface area contributed by atoms with Crippen molar-refractivity contribution >= 4 is 17.4 Å². The predicted molar refractivity (Wildman–Crippen MR) is 81.1 cm³/mol. The van der Waals surface area contributed by atoms with Crippen LogP contribution in [0.3, 0.4) is 0 Å². The average Bonchev–Trinajstić information content (AvgIpc) is 2.43. The minimum Gasteiger partial charge on any atom is -0.356 e. The Bertz CT molecular complexity index is 428. The summed E-state index contributed by atoms with van der Waals surface area (Å²) in [6, 6.07) is 0.605. The van der Waals surface area contributed by atoms with E-state index in [0.717, 1.165) is 30.0 Å². The van der Waals surface area contributed by atoms with Gasteiger partial charge >= 0.3 is 0 Å². The molecule has 1 aromatic heterocycles. The first-order valence-electron chi connectivity index (χ1n) is 7.39. The van der Waals surface area contributed by atoms with Gasteiger partial charge in [0.15, 0.2) is 0 Å². The third-order valence-corrected chi connectivity index (χ3v) is 4.41. The Hall–Kier alpha value is -0.830. The van der Waals surface area contributed by atoms with Crippen LogP contribution in [-0.2, 0) is 6.42 Å². The topological polar surface area (TPSA) is 29.0 Å². The number of halogens is 1. The van der Waals surface area contributed by atoms with Crippen LogP contribution >= 0.6 is 11.6 Å². The molecular formula is C15H24ClN3. The molecular weight excluding hydrogens is 258 g/mol. The van der Waals surface area contributed by atoms with Crippen LogP contribution in [0.5, 0.6) is 0 Å². The first-order valence-corrected chi connectivity index (χ1v) is 7.77. The van der Waals surface area contributed by atoms with Crippen LogP contribution < -0.4 is 4.90 Å². The lowest BCUT2D eigenvalue weighted by atomic mass is 9.94. The molecule has 1 aliphatic rings. The monoisotopic (exact) mass is 281 g/mol. The fraction of sp³-hybridized carbons (Fsp3) is 0.733. The van der Waals surface area contributed by atoms with E-state index in [1.165, 1.54) is 32.1 Å². The van der Waals surface area contributed by atoms with Crippen LogP contribution in [0.2, 0.25) is 5.15 Å². The predicted octanol–water partition coefficient (Wildman–Crippen LogP) is 4.16. The smallest absolute Gasteiger partial charge is 0.137 e. The van der Waals surface area contributed by atoms with Crippen LogP contribution in [0.15, 0.2) is 0 Å². The van der Waals surface area contributed by atoms with Gasteiger partial charge in [0.25, 0.3) is 0 Å². The lowest BCUT2D eigenvalue weighted by Gasteiger charge is -2.33. The second kappa shape index (κ2) is 6.56. The molecule has 1 saturated carbocycles. The van der Waals surface area contributed by atoms with Crippen LogP contribution in [-0.4, -0.2) is 23.1 Å². The van der Waals surface area contributed by atoms with Crippen molar-refractivity contribution in [3.63, 3.8) is 0 Å². The highest BCUT2D eigenvalue weighted by atomic mass is 35.5. The maximum Gasteiger partial charge on any atom is 0.137 e. The van der Waals surface area contributed by atoms with Crippen LogP contribution in [0.25, 0.3) is 0 Å². The summed E-state index contributed by atoms with van der Waals surface area (Å²) < 4.78 is 0. The van der Waals surface area contributed by atoms with E-state index < -0.39 is 0 Å². The van der Waals surface area contributed by atoms with E-state index in [-0.39, 0.29) is 0 Å². The maximum atomic E-state index is 6.26. The summed E-state index contributed by atoms with van der Waals surface area (Å²) in [6.45, 7) is 4.16. The van der Waals surface area contributed by atoms with Gasteiger partial charge in [0.05, 0.1) is 0 Å². The van der Waals surface area contributed by atoms with E-state index >= 15 is 0 Å². The Morgan fingerprint density at radius 3 is 2.53 bits per heavy atom. The number of hydrogen-bond donors (Lipinski definition) is 0.